The van der Waals surface area contributed by atoms with Crippen molar-refractivity contribution in [3.63, 3.8) is 0 Å². The number of anilines is 1. The Labute approximate surface area is 185 Å². The van der Waals surface area contributed by atoms with Gasteiger partial charge in [-0.15, -0.1) is 0 Å². The monoisotopic (exact) mass is 446 g/mol. The lowest BCUT2D eigenvalue weighted by Gasteiger charge is -2.27. The molecule has 5 rings (SSSR count). The molecule has 0 aliphatic carbocycles. The van der Waals surface area contributed by atoms with E-state index in [2.05, 4.69) is 25.7 Å². The summed E-state index contributed by atoms with van der Waals surface area (Å²) < 4.78 is 41.6. The lowest BCUT2D eigenvalue weighted by Crippen LogP contribution is -2.38. The van der Waals surface area contributed by atoms with Crippen molar-refractivity contribution in [2.24, 2.45) is 0 Å². The number of hydrogen-bond donors (Lipinski definition) is 2. The lowest BCUT2D eigenvalue weighted by atomic mass is 10.1. The van der Waals surface area contributed by atoms with Gasteiger partial charge in [-0.25, -0.2) is 23.3 Å². The summed E-state index contributed by atoms with van der Waals surface area (Å²) in [5.41, 5.74) is 1.40. The van der Waals surface area contributed by atoms with E-state index in [-0.39, 0.29) is 23.7 Å². The third kappa shape index (κ3) is 4.24. The third-order valence-corrected chi connectivity index (χ3v) is 5.52. The Morgan fingerprint density at radius 2 is 2.03 bits per heavy atom. The molecule has 2 N–H and O–H groups in total. The van der Waals surface area contributed by atoms with E-state index >= 15 is 0 Å². The Morgan fingerprint density at radius 1 is 1.22 bits per heavy atom. The number of methoxy groups -OCH3 is 1. The van der Waals surface area contributed by atoms with E-state index in [0.717, 1.165) is 31.9 Å². The number of pyridine rings is 1. The second kappa shape index (κ2) is 9.74. The molecular weight excluding hydrogens is 418 g/mol. The molecule has 2 atom stereocenters. The highest BCUT2D eigenvalue weighted by Gasteiger charge is 2.28. The van der Waals surface area contributed by atoms with Crippen LogP contribution >= 0.6 is 0 Å². The Balaban J connectivity index is 0.00000119. The maximum absolute atomic E-state index is 14.7. The van der Waals surface area contributed by atoms with Crippen molar-refractivity contribution in [3.8, 4) is 17.1 Å². The molecule has 0 aromatic carbocycles. The SMILES string of the molecule is CC.COc1cc2ncc(-c3nc(NC4CCCNC4)c(F)cc3F)n2nc1C1CCO1. The fraction of sp³-hybridized carbons (Fsp3) is 0.500. The van der Waals surface area contributed by atoms with Gasteiger partial charge in [0, 0.05) is 31.1 Å². The highest BCUT2D eigenvalue weighted by molar-refractivity contribution is 5.63. The number of fused-ring (bicyclic) bond motifs is 1. The topological polar surface area (TPSA) is 85.6 Å². The molecule has 32 heavy (non-hydrogen) atoms. The van der Waals surface area contributed by atoms with Gasteiger partial charge in [-0.2, -0.15) is 5.10 Å². The van der Waals surface area contributed by atoms with Crippen LogP contribution in [0.25, 0.3) is 17.0 Å². The summed E-state index contributed by atoms with van der Waals surface area (Å²) in [5, 5.41) is 10.9. The van der Waals surface area contributed by atoms with Gasteiger partial charge in [0.15, 0.2) is 23.1 Å². The van der Waals surface area contributed by atoms with Gasteiger partial charge >= 0.3 is 0 Å². The van der Waals surface area contributed by atoms with Crippen LogP contribution in [0.1, 0.15) is 44.9 Å². The van der Waals surface area contributed by atoms with Gasteiger partial charge in [0.25, 0.3) is 0 Å². The first-order valence-electron chi connectivity index (χ1n) is 11.0. The van der Waals surface area contributed by atoms with Crippen molar-refractivity contribution >= 4 is 11.5 Å². The number of imidazole rings is 1. The number of nitrogens with one attached hydrogen (secondary N) is 2. The predicted molar refractivity (Wildman–Crippen MR) is 117 cm³/mol. The molecule has 3 aromatic heterocycles. The Bertz CT molecular complexity index is 1080. The fourth-order valence-electron chi connectivity index (χ4n) is 3.83. The van der Waals surface area contributed by atoms with Crippen molar-refractivity contribution in [3.05, 3.63) is 35.7 Å². The Kier molecular flexibility index (Phi) is 6.80. The van der Waals surface area contributed by atoms with Crippen molar-refractivity contribution < 1.29 is 18.3 Å². The van der Waals surface area contributed by atoms with Crippen LogP contribution in [0.15, 0.2) is 18.3 Å². The molecule has 0 radical (unpaired) electrons. The molecule has 172 valence electrons. The minimum atomic E-state index is -0.777. The van der Waals surface area contributed by atoms with E-state index in [9.17, 15) is 8.78 Å². The molecule has 2 aliphatic rings. The fourth-order valence-corrected chi connectivity index (χ4v) is 3.83. The predicted octanol–water partition coefficient (Wildman–Crippen LogP) is 3.73. The van der Waals surface area contributed by atoms with Crippen LogP contribution in [0.4, 0.5) is 14.6 Å². The van der Waals surface area contributed by atoms with Gasteiger partial charge in [0.1, 0.15) is 28.9 Å². The summed E-state index contributed by atoms with van der Waals surface area (Å²) in [6.45, 7) is 6.30. The second-order valence-corrected chi connectivity index (χ2v) is 7.50. The minimum Gasteiger partial charge on any atom is -0.495 e. The maximum atomic E-state index is 14.7. The highest BCUT2D eigenvalue weighted by Crippen LogP contribution is 2.35. The largest absolute Gasteiger partial charge is 0.495 e. The van der Waals surface area contributed by atoms with Crippen molar-refractivity contribution in [2.75, 3.05) is 32.1 Å². The van der Waals surface area contributed by atoms with Crippen LogP contribution in [-0.2, 0) is 4.74 Å². The molecule has 0 saturated carbocycles. The summed E-state index contributed by atoms with van der Waals surface area (Å²) in [5.74, 6) is -0.926. The zero-order valence-electron chi connectivity index (χ0n) is 18.5. The molecular formula is C22H28F2N6O2. The van der Waals surface area contributed by atoms with Gasteiger partial charge in [-0.1, -0.05) is 13.8 Å². The molecule has 10 heteroatoms. The Morgan fingerprint density at radius 3 is 2.69 bits per heavy atom. The Hall–Kier alpha value is -2.85. The summed E-state index contributed by atoms with van der Waals surface area (Å²) >= 11 is 0. The van der Waals surface area contributed by atoms with Crippen molar-refractivity contribution in [1.29, 1.82) is 0 Å². The molecule has 2 fully saturated rings. The molecule has 2 aliphatic heterocycles. The van der Waals surface area contributed by atoms with Crippen LogP contribution in [0.2, 0.25) is 0 Å². The normalized spacial score (nSPS) is 20.3. The van der Waals surface area contributed by atoms with Crippen molar-refractivity contribution in [1.82, 2.24) is 24.9 Å². The standard InChI is InChI=1S/C20H22F2N6O2.C2H6/c1-29-16-8-17-24-10-14(28(17)27-19(16)15-4-6-30-15)18-12(21)7-13(22)20(26-18)25-11-3-2-5-23-9-11;1-2/h7-8,10-11,15,23H,2-6,9H2,1H3,(H,25,26);1-2H3. The van der Waals surface area contributed by atoms with E-state index in [1.807, 2.05) is 13.8 Å². The van der Waals surface area contributed by atoms with Crippen LogP contribution < -0.4 is 15.4 Å². The third-order valence-electron chi connectivity index (χ3n) is 5.52. The number of nitrogens with zero attached hydrogens (tertiary/aromatic N) is 4. The highest BCUT2D eigenvalue weighted by atomic mass is 19.1. The first kappa shape index (κ1) is 22.3. The van der Waals surface area contributed by atoms with E-state index in [4.69, 9.17) is 9.47 Å². The number of halogens is 2. The summed E-state index contributed by atoms with van der Waals surface area (Å²) in [4.78, 5) is 8.56. The summed E-state index contributed by atoms with van der Waals surface area (Å²) in [7, 11) is 1.55. The molecule has 8 nitrogen and oxygen atoms in total. The van der Waals surface area contributed by atoms with E-state index < -0.39 is 11.6 Å². The second-order valence-electron chi connectivity index (χ2n) is 7.50. The zero-order valence-corrected chi connectivity index (χ0v) is 18.5. The van der Waals surface area contributed by atoms with Crippen LogP contribution in [-0.4, -0.2) is 52.4 Å². The van der Waals surface area contributed by atoms with Gasteiger partial charge < -0.3 is 20.1 Å². The average Bonchev–Trinajstić information content (AvgIpc) is 3.18. The number of ether oxygens (including phenoxy) is 2. The van der Waals surface area contributed by atoms with Gasteiger partial charge in [-0.05, 0) is 19.4 Å². The molecule has 3 aromatic rings. The number of piperidine rings is 1. The molecule has 0 amide bonds. The van der Waals surface area contributed by atoms with Gasteiger partial charge in [0.05, 0.1) is 19.9 Å². The van der Waals surface area contributed by atoms with E-state index in [1.165, 1.54) is 10.7 Å². The van der Waals surface area contributed by atoms with Crippen LogP contribution in [0, 0.1) is 11.6 Å². The molecule has 5 heterocycles. The van der Waals surface area contributed by atoms with Gasteiger partial charge in [0.2, 0.25) is 0 Å². The van der Waals surface area contributed by atoms with Crippen LogP contribution in [0.5, 0.6) is 5.75 Å². The number of rotatable bonds is 5. The summed E-state index contributed by atoms with van der Waals surface area (Å²) in [6.07, 6.45) is 4.00. The molecule has 0 spiro atoms. The molecule has 2 unspecified atom stereocenters. The molecule has 0 bridgehead atoms. The number of aromatic nitrogens is 4. The lowest BCUT2D eigenvalue weighted by molar-refractivity contribution is -0.0569. The average molecular weight is 447 g/mol. The smallest absolute Gasteiger partial charge is 0.168 e. The maximum Gasteiger partial charge on any atom is 0.168 e. The molecule has 2 saturated heterocycles. The quantitative estimate of drug-likeness (QED) is 0.618. The van der Waals surface area contributed by atoms with E-state index in [0.29, 0.717) is 35.9 Å². The minimum absolute atomic E-state index is 0.0195. The zero-order chi connectivity index (χ0) is 22.7. The first-order valence-corrected chi connectivity index (χ1v) is 11.0. The van der Waals surface area contributed by atoms with Crippen molar-refractivity contribution in [2.45, 2.75) is 45.3 Å². The summed E-state index contributed by atoms with van der Waals surface area (Å²) in [6, 6.07) is 2.60. The first-order chi connectivity index (χ1) is 15.6. The van der Waals surface area contributed by atoms with E-state index in [1.54, 1.807) is 13.2 Å². The number of hydrogen-bond acceptors (Lipinski definition) is 7. The van der Waals surface area contributed by atoms with Gasteiger partial charge in [-0.3, -0.25) is 0 Å². The van der Waals surface area contributed by atoms with Crippen LogP contribution in [0.3, 0.4) is 0 Å².